The van der Waals surface area contributed by atoms with E-state index in [2.05, 4.69) is 201 Å². The molecule has 420 valence electrons. The van der Waals surface area contributed by atoms with E-state index in [9.17, 15) is 0 Å². The van der Waals surface area contributed by atoms with Gasteiger partial charge in [0, 0.05) is 101 Å². The Morgan fingerprint density at radius 1 is 0.407 bits per heavy atom. The first-order valence-corrected chi connectivity index (χ1v) is 29.0. The standard InChI is InChI=1S/2C24H23BN3O.C23H21BN3O/c1-16-14-27(3)23(12-20(16)18-8-6-5-7-9-18)25-13-21-19-11-10-17(2)26-24(19)29-22(21)15-28(25)4;1-16-12-23(27(3)14-20(16)18-8-6-5-7-9-18)25-13-22-21(15-28(25)4)19-11-10-17(2)26-24(19)29-22;1-16-9-10-19-20-14-24(27(3)15-21(20)28-23(19)25-16)22-13-18(11-12-26(22)2)17-7-5-4-6-8-17/h2*5-15H,1-4H3;4-15H,1-3H3/q3*+1/i1D3;;. The van der Waals surface area contributed by atoms with Gasteiger partial charge in [-0.2, -0.15) is 0 Å². The maximum absolute atomic E-state index is 8.07. The van der Waals surface area contributed by atoms with E-state index in [0.29, 0.717) is 22.7 Å². The van der Waals surface area contributed by atoms with Gasteiger partial charge in [-0.15, -0.1) is 0 Å². The molecule has 15 rings (SSSR count). The van der Waals surface area contributed by atoms with Gasteiger partial charge >= 0.3 is 20.5 Å². The first-order chi connectivity index (χ1) is 42.8. The fourth-order valence-electron chi connectivity index (χ4n) is 12.1. The van der Waals surface area contributed by atoms with Crippen LogP contribution in [0.3, 0.4) is 0 Å². The number of aryl methyl sites for hydroxylation is 8. The van der Waals surface area contributed by atoms with Crippen LogP contribution in [0.5, 0.6) is 0 Å². The van der Waals surface area contributed by atoms with Crippen molar-refractivity contribution < 1.29 is 31.1 Å². The third kappa shape index (κ3) is 10.5. The monoisotopic (exact) mass is 1130 g/mol. The van der Waals surface area contributed by atoms with Gasteiger partial charge in [-0.1, -0.05) is 103 Å². The first-order valence-electron chi connectivity index (χ1n) is 30.5. The summed E-state index contributed by atoms with van der Waals surface area (Å²) in [7, 11) is 12.3. The van der Waals surface area contributed by atoms with Gasteiger partial charge in [0.05, 0.1) is 0 Å². The van der Waals surface area contributed by atoms with Crippen LogP contribution in [0.1, 0.15) is 32.3 Å². The Morgan fingerprint density at radius 2 is 0.849 bits per heavy atom. The molecule has 0 unspecified atom stereocenters. The van der Waals surface area contributed by atoms with E-state index in [4.69, 9.17) is 17.4 Å². The van der Waals surface area contributed by atoms with Crippen molar-refractivity contribution in [2.45, 2.75) is 34.5 Å². The van der Waals surface area contributed by atoms with E-state index in [1.54, 1.807) is 6.20 Å². The number of nitrogens with zero attached hydrogens (tertiary/aromatic N) is 9. The molecule has 0 radical (unpaired) electrons. The minimum absolute atomic E-state index is 0.0947. The fourth-order valence-corrected chi connectivity index (χ4v) is 12.1. The summed E-state index contributed by atoms with van der Waals surface area (Å²) in [6.45, 7) is 5.99. The molecule has 3 aliphatic rings. The smallest absolute Gasteiger partial charge is 0.399 e. The molecule has 0 N–H and O–H groups in total. The zero-order valence-corrected chi connectivity index (χ0v) is 50.1. The van der Waals surface area contributed by atoms with Gasteiger partial charge in [0.2, 0.25) is 17.1 Å². The Labute approximate surface area is 505 Å². The molecule has 12 nitrogen and oxygen atoms in total. The second kappa shape index (κ2) is 22.5. The summed E-state index contributed by atoms with van der Waals surface area (Å²) in [5.41, 5.74) is 19.0. The number of benzene rings is 3. The van der Waals surface area contributed by atoms with Crippen LogP contribution in [0.4, 0.5) is 0 Å². The molecule has 0 bridgehead atoms. The summed E-state index contributed by atoms with van der Waals surface area (Å²) < 4.78 is 48.6. The number of rotatable bonds is 6. The highest BCUT2D eigenvalue weighted by atomic mass is 16.3. The summed E-state index contributed by atoms with van der Waals surface area (Å²) in [6, 6.07) is 51.7. The van der Waals surface area contributed by atoms with Crippen LogP contribution in [0.2, 0.25) is 0 Å². The summed E-state index contributed by atoms with van der Waals surface area (Å²) in [6.07, 6.45) is 12.3. The van der Waals surface area contributed by atoms with Gasteiger partial charge in [0.15, 0.2) is 46.2 Å². The molecule has 0 aliphatic carbocycles. The van der Waals surface area contributed by atoms with Gasteiger partial charge < -0.3 is 27.7 Å². The Morgan fingerprint density at radius 3 is 1.38 bits per heavy atom. The van der Waals surface area contributed by atoms with Crippen molar-refractivity contribution in [2.75, 3.05) is 21.1 Å². The minimum atomic E-state index is -2.22. The van der Waals surface area contributed by atoms with Crippen molar-refractivity contribution in [2.24, 2.45) is 21.1 Å². The van der Waals surface area contributed by atoms with E-state index in [1.165, 1.54) is 39.0 Å². The van der Waals surface area contributed by atoms with E-state index < -0.39 is 6.85 Å². The van der Waals surface area contributed by atoms with Crippen LogP contribution in [-0.2, 0) is 21.1 Å². The maximum atomic E-state index is 8.07. The van der Waals surface area contributed by atoms with Crippen LogP contribution >= 0.6 is 0 Å². The molecule has 12 heterocycles. The van der Waals surface area contributed by atoms with Crippen LogP contribution in [-0.4, -0.2) is 71.1 Å². The highest BCUT2D eigenvalue weighted by Crippen LogP contribution is 2.24. The number of hydrogen-bond acceptors (Lipinski definition) is 9. The van der Waals surface area contributed by atoms with Gasteiger partial charge in [-0.05, 0) is 138 Å². The third-order valence-electron chi connectivity index (χ3n) is 16.7. The molecule has 3 aromatic carbocycles. The van der Waals surface area contributed by atoms with Crippen LogP contribution in [0.15, 0.2) is 184 Å². The van der Waals surface area contributed by atoms with Gasteiger partial charge in [-0.3, -0.25) is 0 Å². The highest BCUT2D eigenvalue weighted by molar-refractivity contribution is 6.83. The molecule has 3 aliphatic heterocycles. The third-order valence-corrected chi connectivity index (χ3v) is 16.7. The van der Waals surface area contributed by atoms with E-state index in [-0.39, 0.29) is 20.5 Å². The second-order valence-electron chi connectivity index (χ2n) is 22.9. The second-order valence-corrected chi connectivity index (χ2v) is 22.9. The predicted molar refractivity (Wildman–Crippen MR) is 349 cm³/mol. The molecular weight excluding hydrogens is 1060 g/mol. The number of furan rings is 3. The zero-order chi connectivity index (χ0) is 62.0. The largest absolute Gasteiger partial charge is 0.439 e. The molecule has 15 heteroatoms. The molecule has 12 aromatic rings. The van der Waals surface area contributed by atoms with Crippen molar-refractivity contribution in [3.8, 4) is 33.4 Å². The number of fused-ring (bicyclic) bond motifs is 9. The maximum Gasteiger partial charge on any atom is 0.399 e. The van der Waals surface area contributed by atoms with Gasteiger partial charge in [0.25, 0.3) is 0 Å². The lowest BCUT2D eigenvalue weighted by molar-refractivity contribution is -0.654. The SMILES string of the molecule is Cc1ccc2c3c(oc2n1)=CB(c1cc(C)c(-c2ccccc2)c[n+]1C)N(C)C=3.Cc1ccc2c3c(oc2n1)=CN(C)B(c1cc(-c2ccccc2)cc[n+]1C)C=3.[2H]C([2H])([2H])c1c[n+](C)c(B2C=c3c(oc4nc(C)ccc34)=CN2C)cc1-c1ccccc1. The van der Waals surface area contributed by atoms with Crippen LogP contribution in [0, 0.1) is 34.5 Å². The van der Waals surface area contributed by atoms with Crippen molar-refractivity contribution in [1.29, 1.82) is 0 Å². The molecule has 0 saturated heterocycles. The van der Waals surface area contributed by atoms with Crippen molar-refractivity contribution >= 4 is 107 Å². The normalized spacial score (nSPS) is 13.9. The Bertz CT molecular complexity index is 5160. The van der Waals surface area contributed by atoms with E-state index in [0.717, 1.165) is 81.9 Å². The molecule has 86 heavy (non-hydrogen) atoms. The quantitative estimate of drug-likeness (QED) is 0.165. The lowest BCUT2D eigenvalue weighted by Gasteiger charge is -2.21. The van der Waals surface area contributed by atoms with Crippen molar-refractivity contribution in [3.05, 3.63) is 230 Å². The zero-order valence-electron chi connectivity index (χ0n) is 53.1. The predicted octanol–water partition coefficient (Wildman–Crippen LogP) is 5.21. The highest BCUT2D eigenvalue weighted by Gasteiger charge is 2.34. The van der Waals surface area contributed by atoms with Crippen LogP contribution < -0.4 is 62.4 Å². The molecule has 0 spiro atoms. The molecular formula is C71H67B3N9O3+3. The van der Waals surface area contributed by atoms with Gasteiger partial charge in [0.1, 0.15) is 26.6 Å². The summed E-state index contributed by atoms with van der Waals surface area (Å²) in [4.78, 5) is 20.1. The van der Waals surface area contributed by atoms with Crippen molar-refractivity contribution in [3.63, 3.8) is 0 Å². The molecule has 0 fully saturated rings. The Kier molecular flexibility index (Phi) is 13.5. The lowest BCUT2D eigenvalue weighted by Crippen LogP contribution is -2.61. The average molecular weight is 1130 g/mol. The Balaban J connectivity index is 0.000000123. The molecule has 0 saturated carbocycles. The summed E-state index contributed by atoms with van der Waals surface area (Å²) in [5.74, 6) is 6.64. The molecule has 0 atom stereocenters. The fraction of sp³-hybridized carbons (Fsp3) is 0.155. The average Bonchev–Trinajstić information content (AvgIpc) is 2.02. The van der Waals surface area contributed by atoms with E-state index in [1.807, 2.05) is 112 Å². The van der Waals surface area contributed by atoms with Gasteiger partial charge in [-0.25, -0.2) is 28.7 Å². The summed E-state index contributed by atoms with van der Waals surface area (Å²) >= 11 is 0. The lowest BCUT2D eigenvalue weighted by atomic mass is 9.55. The topological polar surface area (TPSA) is 99.4 Å². The molecule has 9 aromatic heterocycles. The van der Waals surface area contributed by atoms with Crippen LogP contribution in [0.25, 0.3) is 103 Å². The summed E-state index contributed by atoms with van der Waals surface area (Å²) in [5, 5.41) is 6.34. The first kappa shape index (κ1) is 51.6. The van der Waals surface area contributed by atoms with E-state index >= 15 is 0 Å². The molecule has 0 amide bonds. The number of pyridine rings is 6. The van der Waals surface area contributed by atoms with Crippen molar-refractivity contribution in [1.82, 2.24) is 29.4 Å². The number of hydrogen-bond donors (Lipinski definition) is 0. The number of aromatic nitrogens is 6. The minimum Gasteiger partial charge on any atom is -0.439 e. The Hall–Kier alpha value is -10.0.